The summed E-state index contributed by atoms with van der Waals surface area (Å²) in [7, 11) is 1.89. The van der Waals surface area contributed by atoms with Crippen LogP contribution in [-0.4, -0.2) is 26.0 Å². The molecule has 1 heterocycles. The predicted molar refractivity (Wildman–Crippen MR) is 88.8 cm³/mol. The Morgan fingerprint density at radius 1 is 1.33 bits per heavy atom. The lowest BCUT2D eigenvalue weighted by atomic mass is 9.93. The van der Waals surface area contributed by atoms with Crippen LogP contribution in [-0.2, 0) is 4.79 Å². The van der Waals surface area contributed by atoms with Crippen molar-refractivity contribution in [2.75, 3.05) is 25.0 Å². The maximum Gasteiger partial charge on any atom is 0.226 e. The Labute approximate surface area is 128 Å². The number of anilines is 1. The molecule has 0 aromatic heterocycles. The molecule has 21 heavy (non-hydrogen) atoms. The number of piperidine rings is 1. The highest BCUT2D eigenvalue weighted by molar-refractivity contribution is 5.92. The second-order valence-electron chi connectivity index (χ2n) is 6.43. The third-order valence-corrected chi connectivity index (χ3v) is 4.52. The Bertz CT molecular complexity index is 464. The van der Waals surface area contributed by atoms with E-state index >= 15 is 0 Å². The molecule has 0 spiro atoms. The monoisotopic (exact) mass is 288 g/mol. The molecule has 0 bridgehead atoms. The number of carbonyl (C=O) groups excluding carboxylic acids is 1. The summed E-state index contributed by atoms with van der Waals surface area (Å²) in [5.41, 5.74) is 2.29. The second-order valence-corrected chi connectivity index (χ2v) is 6.43. The lowest BCUT2D eigenvalue weighted by molar-refractivity contribution is -0.118. The molecule has 1 saturated heterocycles. The fourth-order valence-electron chi connectivity index (χ4n) is 2.90. The van der Waals surface area contributed by atoms with E-state index in [9.17, 15) is 4.79 Å². The van der Waals surface area contributed by atoms with Crippen LogP contribution in [0.2, 0.25) is 0 Å². The van der Waals surface area contributed by atoms with Crippen LogP contribution in [0.3, 0.4) is 0 Å². The first-order valence-corrected chi connectivity index (χ1v) is 8.15. The molecule has 1 aromatic carbocycles. The minimum atomic E-state index is 0.231. The average Bonchev–Trinajstić information content (AvgIpc) is 2.53. The molecule has 1 aliphatic heterocycles. The molecule has 1 amide bonds. The molecule has 1 N–H and O–H groups in total. The molecule has 0 atom stereocenters. The first kappa shape index (κ1) is 16.0. The van der Waals surface area contributed by atoms with Crippen molar-refractivity contribution in [3.8, 4) is 0 Å². The van der Waals surface area contributed by atoms with Gasteiger partial charge in [0.25, 0.3) is 0 Å². The van der Waals surface area contributed by atoms with Crippen molar-refractivity contribution in [2.45, 2.75) is 45.4 Å². The van der Waals surface area contributed by atoms with Crippen LogP contribution in [0.5, 0.6) is 0 Å². The third kappa shape index (κ3) is 4.57. The fraction of sp³-hybridized carbons (Fsp3) is 0.611. The maximum atomic E-state index is 12.4. The van der Waals surface area contributed by atoms with Gasteiger partial charge in [0, 0.05) is 19.2 Å². The van der Waals surface area contributed by atoms with Crippen molar-refractivity contribution in [1.29, 1.82) is 0 Å². The van der Waals surface area contributed by atoms with E-state index in [0.29, 0.717) is 18.3 Å². The van der Waals surface area contributed by atoms with E-state index in [4.69, 9.17) is 0 Å². The second kappa shape index (κ2) is 7.60. The Kier molecular flexibility index (Phi) is 5.80. The van der Waals surface area contributed by atoms with Crippen LogP contribution in [0.25, 0.3) is 0 Å². The van der Waals surface area contributed by atoms with Gasteiger partial charge in [0.2, 0.25) is 5.91 Å². The number of benzene rings is 1. The van der Waals surface area contributed by atoms with Crippen LogP contribution >= 0.6 is 0 Å². The molecule has 0 aliphatic carbocycles. The highest BCUT2D eigenvalue weighted by Crippen LogP contribution is 2.23. The molecule has 1 aromatic rings. The zero-order chi connectivity index (χ0) is 15.2. The summed E-state index contributed by atoms with van der Waals surface area (Å²) >= 11 is 0. The first-order valence-electron chi connectivity index (χ1n) is 8.15. The largest absolute Gasteiger partial charge is 0.317 e. The van der Waals surface area contributed by atoms with Crippen LogP contribution in [0.1, 0.15) is 51.0 Å². The van der Waals surface area contributed by atoms with Gasteiger partial charge in [-0.15, -0.1) is 0 Å². The van der Waals surface area contributed by atoms with Crippen LogP contribution in [0, 0.1) is 5.92 Å². The standard InChI is InChI=1S/C18H28N2O/c1-14(2)16-5-4-6-17(13-16)20(3)18(21)8-7-15-9-11-19-12-10-15/h4-6,13-15,19H,7-12H2,1-3H3. The number of nitrogens with one attached hydrogen (secondary N) is 1. The molecule has 0 unspecified atom stereocenters. The lowest BCUT2D eigenvalue weighted by Crippen LogP contribution is -2.30. The fourth-order valence-corrected chi connectivity index (χ4v) is 2.90. The van der Waals surface area contributed by atoms with E-state index in [0.717, 1.165) is 25.2 Å². The molecule has 3 heteroatoms. The molecular formula is C18H28N2O. The number of rotatable bonds is 5. The van der Waals surface area contributed by atoms with Gasteiger partial charge >= 0.3 is 0 Å². The Morgan fingerprint density at radius 2 is 2.05 bits per heavy atom. The van der Waals surface area contributed by atoms with E-state index < -0.39 is 0 Å². The quantitative estimate of drug-likeness (QED) is 0.898. The smallest absolute Gasteiger partial charge is 0.226 e. The number of carbonyl (C=O) groups is 1. The van der Waals surface area contributed by atoms with Gasteiger partial charge in [-0.2, -0.15) is 0 Å². The summed E-state index contributed by atoms with van der Waals surface area (Å²) in [5, 5.41) is 3.37. The summed E-state index contributed by atoms with van der Waals surface area (Å²) in [5.74, 6) is 1.43. The van der Waals surface area contributed by atoms with Crippen molar-refractivity contribution in [3.05, 3.63) is 29.8 Å². The van der Waals surface area contributed by atoms with E-state index in [1.807, 2.05) is 24.1 Å². The van der Waals surface area contributed by atoms with Crippen LogP contribution in [0.15, 0.2) is 24.3 Å². The third-order valence-electron chi connectivity index (χ3n) is 4.52. The zero-order valence-corrected chi connectivity index (χ0v) is 13.6. The summed E-state index contributed by atoms with van der Waals surface area (Å²) in [4.78, 5) is 14.2. The van der Waals surface area contributed by atoms with Crippen molar-refractivity contribution in [2.24, 2.45) is 5.92 Å². The van der Waals surface area contributed by atoms with E-state index in [1.54, 1.807) is 0 Å². The van der Waals surface area contributed by atoms with Gasteiger partial charge in [-0.25, -0.2) is 0 Å². The van der Waals surface area contributed by atoms with E-state index in [2.05, 4.69) is 31.3 Å². The van der Waals surface area contributed by atoms with Gasteiger partial charge in [-0.3, -0.25) is 4.79 Å². The number of hydrogen-bond donors (Lipinski definition) is 1. The molecule has 3 nitrogen and oxygen atoms in total. The topological polar surface area (TPSA) is 32.3 Å². The van der Waals surface area contributed by atoms with E-state index in [1.165, 1.54) is 18.4 Å². The van der Waals surface area contributed by atoms with Gasteiger partial charge in [0.15, 0.2) is 0 Å². The zero-order valence-electron chi connectivity index (χ0n) is 13.6. The molecular weight excluding hydrogens is 260 g/mol. The molecule has 0 radical (unpaired) electrons. The van der Waals surface area contributed by atoms with Crippen molar-refractivity contribution < 1.29 is 4.79 Å². The average molecular weight is 288 g/mol. The Hall–Kier alpha value is -1.35. The van der Waals surface area contributed by atoms with Gasteiger partial charge in [0.1, 0.15) is 0 Å². The Balaban J connectivity index is 1.90. The molecule has 1 aliphatic rings. The summed E-state index contributed by atoms with van der Waals surface area (Å²) < 4.78 is 0. The number of nitrogens with zero attached hydrogens (tertiary/aromatic N) is 1. The van der Waals surface area contributed by atoms with Crippen molar-refractivity contribution in [1.82, 2.24) is 5.32 Å². The number of hydrogen-bond acceptors (Lipinski definition) is 2. The Morgan fingerprint density at radius 3 is 2.71 bits per heavy atom. The maximum absolute atomic E-state index is 12.4. The lowest BCUT2D eigenvalue weighted by Gasteiger charge is -2.24. The summed E-state index contributed by atoms with van der Waals surface area (Å²) in [6.07, 6.45) is 4.10. The number of amides is 1. The summed E-state index contributed by atoms with van der Waals surface area (Å²) in [6.45, 7) is 6.56. The molecule has 2 rings (SSSR count). The summed E-state index contributed by atoms with van der Waals surface area (Å²) in [6, 6.07) is 8.32. The molecule has 0 saturated carbocycles. The molecule has 116 valence electrons. The van der Waals surface area contributed by atoms with Crippen molar-refractivity contribution >= 4 is 11.6 Å². The normalized spacial score (nSPS) is 16.2. The minimum Gasteiger partial charge on any atom is -0.317 e. The highest BCUT2D eigenvalue weighted by Gasteiger charge is 2.17. The van der Waals surface area contributed by atoms with Gasteiger partial charge in [0.05, 0.1) is 0 Å². The van der Waals surface area contributed by atoms with Crippen molar-refractivity contribution in [3.63, 3.8) is 0 Å². The highest BCUT2D eigenvalue weighted by atomic mass is 16.2. The van der Waals surface area contributed by atoms with Gasteiger partial charge < -0.3 is 10.2 Å². The van der Waals surface area contributed by atoms with Gasteiger partial charge in [-0.05, 0) is 61.9 Å². The molecule has 1 fully saturated rings. The minimum absolute atomic E-state index is 0.231. The van der Waals surface area contributed by atoms with Crippen LogP contribution < -0.4 is 10.2 Å². The SMILES string of the molecule is CC(C)c1cccc(N(C)C(=O)CCC2CCNCC2)c1. The first-order chi connectivity index (χ1) is 10.1. The predicted octanol–water partition coefficient (Wildman–Crippen LogP) is 3.55. The van der Waals surface area contributed by atoms with E-state index in [-0.39, 0.29) is 5.91 Å². The van der Waals surface area contributed by atoms with Gasteiger partial charge in [-0.1, -0.05) is 26.0 Å². The van der Waals surface area contributed by atoms with Crippen LogP contribution in [0.4, 0.5) is 5.69 Å².